The number of hydrogen-bond acceptors (Lipinski definition) is 5. The van der Waals surface area contributed by atoms with E-state index in [1.165, 1.54) is 18.4 Å². The van der Waals surface area contributed by atoms with Gasteiger partial charge in [0.05, 0.1) is 31.7 Å². The second kappa shape index (κ2) is 7.67. The van der Waals surface area contributed by atoms with E-state index in [4.69, 9.17) is 16.3 Å². The first kappa shape index (κ1) is 17.4. The highest BCUT2D eigenvalue weighted by molar-refractivity contribution is 7.15. The van der Waals surface area contributed by atoms with Crippen LogP contribution < -0.4 is 5.32 Å². The fraction of sp³-hybridized carbons (Fsp3) is 0.235. The Morgan fingerprint density at radius 2 is 2.20 bits per heavy atom. The Hall–Kier alpha value is -2.38. The smallest absolute Gasteiger partial charge is 0.307 e. The van der Waals surface area contributed by atoms with E-state index in [9.17, 15) is 9.59 Å². The van der Waals surface area contributed by atoms with Crippen LogP contribution in [0.4, 0.5) is 0 Å². The largest absolute Gasteiger partial charge is 0.469 e. The molecule has 1 N–H and O–H groups in total. The number of methoxy groups -OCH3 is 1. The van der Waals surface area contributed by atoms with Gasteiger partial charge < -0.3 is 10.1 Å². The van der Waals surface area contributed by atoms with Gasteiger partial charge in [0.2, 0.25) is 5.91 Å². The quantitative estimate of drug-likeness (QED) is 0.670. The molecule has 2 aromatic heterocycles. The topological polar surface area (TPSA) is 72.7 Å². The third-order valence-electron chi connectivity index (χ3n) is 3.70. The van der Waals surface area contributed by atoms with Crippen LogP contribution in [0.5, 0.6) is 0 Å². The average molecular weight is 378 g/mol. The molecule has 0 saturated carbocycles. The van der Waals surface area contributed by atoms with Crippen molar-refractivity contribution >= 4 is 39.8 Å². The van der Waals surface area contributed by atoms with Crippen LogP contribution in [0.2, 0.25) is 5.02 Å². The van der Waals surface area contributed by atoms with Crippen molar-refractivity contribution in [1.29, 1.82) is 0 Å². The summed E-state index contributed by atoms with van der Waals surface area (Å²) in [7, 11) is 1.31. The van der Waals surface area contributed by atoms with E-state index in [1.54, 1.807) is 24.3 Å². The SMILES string of the molecule is COC(=O)C[C@H](NC(=O)Cc1cn2ccsc2n1)c1ccccc1Cl. The van der Waals surface area contributed by atoms with Crippen LogP contribution in [0.3, 0.4) is 0 Å². The Morgan fingerprint density at radius 1 is 1.40 bits per heavy atom. The highest BCUT2D eigenvalue weighted by Crippen LogP contribution is 2.25. The van der Waals surface area contributed by atoms with Crippen LogP contribution in [-0.2, 0) is 20.7 Å². The minimum Gasteiger partial charge on any atom is -0.469 e. The number of rotatable bonds is 6. The van der Waals surface area contributed by atoms with Crippen LogP contribution in [-0.4, -0.2) is 28.4 Å². The second-order valence-electron chi connectivity index (χ2n) is 5.42. The Morgan fingerprint density at radius 3 is 2.92 bits per heavy atom. The summed E-state index contributed by atoms with van der Waals surface area (Å²) in [5.74, 6) is -0.660. The van der Waals surface area contributed by atoms with Crippen molar-refractivity contribution in [1.82, 2.24) is 14.7 Å². The van der Waals surface area contributed by atoms with Gasteiger partial charge >= 0.3 is 5.97 Å². The second-order valence-corrected chi connectivity index (χ2v) is 6.70. The Kier molecular flexibility index (Phi) is 5.35. The number of nitrogens with one attached hydrogen (secondary N) is 1. The number of benzene rings is 1. The minimum atomic E-state index is -0.558. The molecule has 0 fully saturated rings. The lowest BCUT2D eigenvalue weighted by Crippen LogP contribution is -2.31. The molecule has 1 atom stereocenters. The molecule has 0 saturated heterocycles. The number of carbonyl (C=O) groups excluding carboxylic acids is 2. The number of halogens is 1. The molecule has 6 nitrogen and oxygen atoms in total. The maximum Gasteiger partial charge on any atom is 0.307 e. The molecule has 0 radical (unpaired) electrons. The predicted molar refractivity (Wildman–Crippen MR) is 95.7 cm³/mol. The molecule has 8 heteroatoms. The van der Waals surface area contributed by atoms with E-state index >= 15 is 0 Å². The van der Waals surface area contributed by atoms with Gasteiger partial charge in [-0.3, -0.25) is 14.0 Å². The highest BCUT2D eigenvalue weighted by atomic mass is 35.5. The lowest BCUT2D eigenvalue weighted by atomic mass is 10.0. The number of amides is 1. The summed E-state index contributed by atoms with van der Waals surface area (Å²) in [5.41, 5.74) is 1.34. The van der Waals surface area contributed by atoms with Gasteiger partial charge in [0.15, 0.2) is 4.96 Å². The molecule has 1 aromatic carbocycles. The van der Waals surface area contributed by atoms with E-state index in [0.717, 1.165) is 4.96 Å². The van der Waals surface area contributed by atoms with Crippen molar-refractivity contribution in [3.8, 4) is 0 Å². The van der Waals surface area contributed by atoms with Crippen molar-refractivity contribution in [2.45, 2.75) is 18.9 Å². The van der Waals surface area contributed by atoms with Crippen molar-refractivity contribution in [3.05, 3.63) is 58.3 Å². The molecule has 0 aliphatic heterocycles. The number of nitrogens with zero attached hydrogens (tertiary/aromatic N) is 2. The first-order valence-corrected chi connectivity index (χ1v) is 8.84. The first-order chi connectivity index (χ1) is 12.1. The monoisotopic (exact) mass is 377 g/mol. The van der Waals surface area contributed by atoms with E-state index in [2.05, 4.69) is 10.3 Å². The molecule has 130 valence electrons. The number of hydrogen-bond donors (Lipinski definition) is 1. The van der Waals surface area contributed by atoms with Crippen LogP contribution in [0.15, 0.2) is 42.0 Å². The van der Waals surface area contributed by atoms with Gasteiger partial charge in [-0.25, -0.2) is 4.98 Å². The van der Waals surface area contributed by atoms with Crippen molar-refractivity contribution in [2.24, 2.45) is 0 Å². The number of esters is 1. The third kappa shape index (κ3) is 4.18. The van der Waals surface area contributed by atoms with Gasteiger partial charge in [0, 0.05) is 22.8 Å². The summed E-state index contributed by atoms with van der Waals surface area (Å²) in [4.78, 5) is 29.3. The fourth-order valence-corrected chi connectivity index (χ4v) is 3.50. The lowest BCUT2D eigenvalue weighted by molar-refractivity contribution is -0.141. The van der Waals surface area contributed by atoms with Gasteiger partial charge in [0.25, 0.3) is 0 Å². The molecule has 0 spiro atoms. The Bertz CT molecular complexity index is 877. The Labute approximate surface area is 153 Å². The molecule has 0 aliphatic rings. The molecule has 2 heterocycles. The summed E-state index contributed by atoms with van der Waals surface area (Å²) >= 11 is 7.71. The molecule has 0 unspecified atom stereocenters. The average Bonchev–Trinajstić information content (AvgIpc) is 3.15. The van der Waals surface area contributed by atoms with Crippen LogP contribution in [0.1, 0.15) is 23.7 Å². The molecule has 0 aliphatic carbocycles. The number of imidazole rings is 1. The van der Waals surface area contributed by atoms with Gasteiger partial charge in [-0.1, -0.05) is 29.8 Å². The zero-order valence-corrected chi connectivity index (χ0v) is 15.0. The van der Waals surface area contributed by atoms with Crippen LogP contribution in [0, 0.1) is 0 Å². The molecule has 1 amide bonds. The summed E-state index contributed by atoms with van der Waals surface area (Å²) in [6.45, 7) is 0. The van der Waals surface area contributed by atoms with Gasteiger partial charge in [-0.15, -0.1) is 11.3 Å². The predicted octanol–water partition coefficient (Wildman–Crippen LogP) is 3.01. The number of thiazole rings is 1. The summed E-state index contributed by atoms with van der Waals surface area (Å²) < 4.78 is 6.59. The maximum atomic E-state index is 12.4. The summed E-state index contributed by atoms with van der Waals surface area (Å²) in [6, 6.07) is 6.54. The van der Waals surface area contributed by atoms with Gasteiger partial charge in [-0.2, -0.15) is 0 Å². The minimum absolute atomic E-state index is 0.00422. The summed E-state index contributed by atoms with van der Waals surface area (Å²) in [5, 5.41) is 5.27. The summed E-state index contributed by atoms with van der Waals surface area (Å²) in [6.07, 6.45) is 3.83. The van der Waals surface area contributed by atoms with E-state index < -0.39 is 12.0 Å². The third-order valence-corrected chi connectivity index (χ3v) is 4.81. The zero-order chi connectivity index (χ0) is 17.8. The van der Waals surface area contributed by atoms with E-state index in [0.29, 0.717) is 16.3 Å². The number of ether oxygens (including phenoxy) is 1. The van der Waals surface area contributed by atoms with E-state index in [1.807, 2.05) is 22.2 Å². The molecule has 3 aromatic rings. The number of carbonyl (C=O) groups is 2. The first-order valence-electron chi connectivity index (χ1n) is 7.58. The molecular formula is C17H16ClN3O3S. The number of fused-ring (bicyclic) bond motifs is 1. The van der Waals surface area contributed by atoms with E-state index in [-0.39, 0.29) is 18.7 Å². The number of aromatic nitrogens is 2. The molecular weight excluding hydrogens is 362 g/mol. The van der Waals surface area contributed by atoms with Crippen molar-refractivity contribution in [2.75, 3.05) is 7.11 Å². The van der Waals surface area contributed by atoms with Crippen LogP contribution >= 0.6 is 22.9 Å². The van der Waals surface area contributed by atoms with Gasteiger partial charge in [-0.05, 0) is 11.6 Å². The van der Waals surface area contributed by atoms with Gasteiger partial charge in [0.1, 0.15) is 0 Å². The standard InChI is InChI=1S/C17H16ClN3O3S/c1-24-16(23)9-14(12-4-2-3-5-13(12)18)20-15(22)8-11-10-21-6-7-25-17(21)19-11/h2-7,10,14H,8-9H2,1H3,(H,20,22)/t14-/m0/s1. The molecule has 25 heavy (non-hydrogen) atoms. The fourth-order valence-electron chi connectivity index (χ4n) is 2.52. The molecule has 3 rings (SSSR count). The lowest BCUT2D eigenvalue weighted by Gasteiger charge is -2.19. The van der Waals surface area contributed by atoms with Crippen LogP contribution in [0.25, 0.3) is 4.96 Å². The zero-order valence-electron chi connectivity index (χ0n) is 13.4. The Balaban J connectivity index is 1.74. The molecule has 0 bridgehead atoms. The van der Waals surface area contributed by atoms with Crippen molar-refractivity contribution in [3.63, 3.8) is 0 Å². The van der Waals surface area contributed by atoms with Crippen molar-refractivity contribution < 1.29 is 14.3 Å². The maximum absolute atomic E-state index is 12.4. The normalized spacial score (nSPS) is 12.1. The highest BCUT2D eigenvalue weighted by Gasteiger charge is 2.21.